The standard InChI is InChI=1S/C11H17NO2.2C7H17NO.C6H15NO.2C5H13NO.C4H11NO3.C4H11NO2.C4H11NO.4C3H8O.C2H8N2/c13-8-6-12(7-9-14)10-11-4-2-1-3-5-11;1-4-8(5-2)6-7(3)9;1-3-8(4-2)6-5-7-9;1-3-7(4-2)5-6-8;1-6(2)4-3-5-7;1-4(2)6-5(3)7;5-4(1-6,2-7)3-8;1-4(5,2-6)3-7;1-5(2)3-4-6;4*1-3(2)4;3-1-2-4/h1-5,13-14H,6-10H2;7,9H,4-6H2,1-3H3;9H,3-7H2,1-2H3;8H,3-6H2,1-2H3;7H,3-5H2,1-2H3;4-7H,1-3H3;6-8H,1-3,5H2;6-7H,2-3,5H2,1H3;6H,3-4H2,1-2H3;4*3-4H,1-2H3;1-4H2. The fourth-order valence-electron chi connectivity index (χ4n) is 5.03. The minimum absolute atomic E-state index is 0.132. The van der Waals surface area contributed by atoms with Gasteiger partial charge in [-0.05, 0) is 182 Å². The van der Waals surface area contributed by atoms with E-state index in [0.29, 0.717) is 45.4 Å². The zero-order chi connectivity index (χ0) is 77.8. The van der Waals surface area contributed by atoms with Gasteiger partial charge in [0.15, 0.2) is 0 Å². The Morgan fingerprint density at radius 1 is 0.400 bits per heavy atom. The summed E-state index contributed by atoms with van der Waals surface area (Å²) in [6, 6.07) is 10.4. The molecule has 0 saturated carbocycles. The highest BCUT2D eigenvalue weighted by Crippen LogP contribution is 2.03. The van der Waals surface area contributed by atoms with Gasteiger partial charge in [0.25, 0.3) is 0 Å². The summed E-state index contributed by atoms with van der Waals surface area (Å²) in [6.45, 7) is 49.3. The number of rotatable bonds is 32. The minimum Gasteiger partial charge on any atom is -0.396 e. The van der Waals surface area contributed by atoms with Gasteiger partial charge in [-0.3, -0.25) is 10.2 Å². The molecule has 2 unspecified atom stereocenters. The van der Waals surface area contributed by atoms with Crippen molar-refractivity contribution in [3.8, 4) is 0 Å². The Kier molecular flexibility index (Phi) is 131. The molecule has 590 valence electrons. The summed E-state index contributed by atoms with van der Waals surface area (Å²) in [5, 5.41) is 145. The molecule has 28 nitrogen and oxygen atoms in total. The van der Waals surface area contributed by atoms with Crippen LogP contribution in [0.25, 0.3) is 0 Å². The van der Waals surface area contributed by atoms with E-state index in [1.165, 1.54) is 5.56 Å². The molecule has 1 rings (SSSR count). The van der Waals surface area contributed by atoms with E-state index in [2.05, 4.69) is 66.5 Å². The number of benzene rings is 1. The van der Waals surface area contributed by atoms with E-state index in [4.69, 9.17) is 110 Å². The smallest absolute Gasteiger partial charge is 0.102 e. The molecule has 0 radical (unpaired) electrons. The van der Waals surface area contributed by atoms with Gasteiger partial charge in [-0.25, -0.2) is 0 Å². The van der Waals surface area contributed by atoms with Gasteiger partial charge >= 0.3 is 0 Å². The Balaban J connectivity index is -0.0000000705. The molecule has 26 N–H and O–H groups in total. The van der Waals surface area contributed by atoms with Gasteiger partial charge in [0.2, 0.25) is 0 Å². The normalized spacial score (nSPS) is 11.1. The molecule has 0 aromatic heterocycles. The first-order valence-electron chi connectivity index (χ1n) is 33.8. The molecule has 0 spiro atoms. The van der Waals surface area contributed by atoms with Gasteiger partial charge in [-0.2, -0.15) is 0 Å². The predicted molar refractivity (Wildman–Crippen MR) is 398 cm³/mol. The van der Waals surface area contributed by atoms with Crippen LogP contribution >= 0.6 is 0 Å². The van der Waals surface area contributed by atoms with E-state index < -0.39 is 30.9 Å². The molecule has 2 atom stereocenters. The van der Waals surface area contributed by atoms with Crippen LogP contribution in [0.4, 0.5) is 0 Å². The molecule has 1 aromatic rings. The van der Waals surface area contributed by atoms with Crippen molar-refractivity contribution in [2.24, 2.45) is 22.9 Å². The Labute approximate surface area is 582 Å². The number of hydrogen-bond donors (Lipinski definition) is 22. The van der Waals surface area contributed by atoms with E-state index in [0.717, 1.165) is 91.4 Å². The van der Waals surface area contributed by atoms with Gasteiger partial charge in [-0.15, -0.1) is 0 Å². The molecule has 0 heterocycles. The van der Waals surface area contributed by atoms with Crippen molar-refractivity contribution in [3.05, 3.63) is 35.9 Å². The average molecular weight is 1400 g/mol. The lowest BCUT2D eigenvalue weighted by molar-refractivity contribution is 0.0697. The van der Waals surface area contributed by atoms with Crippen molar-refractivity contribution in [1.82, 2.24) is 34.7 Å². The topological polar surface area (TPSA) is 479 Å². The molecule has 0 bridgehead atoms. The van der Waals surface area contributed by atoms with Crippen molar-refractivity contribution in [1.29, 1.82) is 0 Å². The quantitative estimate of drug-likeness (QED) is 0.0377. The van der Waals surface area contributed by atoms with Crippen molar-refractivity contribution in [3.63, 3.8) is 0 Å². The van der Waals surface area contributed by atoms with Crippen molar-refractivity contribution < 1.29 is 86.8 Å². The highest BCUT2D eigenvalue weighted by Gasteiger charge is 2.20. The maximum absolute atomic E-state index is 8.94. The molecular weight excluding hydrogens is 1230 g/mol. The van der Waals surface area contributed by atoms with Crippen LogP contribution in [0.5, 0.6) is 0 Å². The number of nitrogens with zero attached hydrogens (tertiary/aromatic N) is 6. The van der Waals surface area contributed by atoms with Gasteiger partial charge in [0.1, 0.15) is 6.23 Å². The second-order valence-electron chi connectivity index (χ2n) is 23.6. The Bertz CT molecular complexity index is 1300. The summed E-state index contributed by atoms with van der Waals surface area (Å²) in [5.41, 5.74) is 19.4. The lowest BCUT2D eigenvalue weighted by atomic mass is 10.1. The summed E-state index contributed by atoms with van der Waals surface area (Å²) in [7, 11) is 7.85. The van der Waals surface area contributed by atoms with Crippen LogP contribution in [0.15, 0.2) is 30.3 Å². The molecule has 0 fully saturated rings. The molecule has 0 amide bonds. The summed E-state index contributed by atoms with van der Waals surface area (Å²) >= 11 is 0. The van der Waals surface area contributed by atoms with Crippen LogP contribution < -0.4 is 28.3 Å². The van der Waals surface area contributed by atoms with Gasteiger partial charge in [0.05, 0.1) is 76.6 Å². The third-order valence-corrected chi connectivity index (χ3v) is 10.1. The SMILES string of the molecule is CC(C)NC(C)O.CC(C)O.CC(C)O.CC(C)O.CC(C)O.CC(N)(CO)CO.CCN(CC)CC(C)O.CCN(CC)CCCO.CCN(CC)CCO.CN(C)CCCO.CN(C)CCO.NC(CO)(CO)CO.NCCN.OCCN(CCO)Cc1ccccc1. The third kappa shape index (κ3) is 171. The van der Waals surface area contributed by atoms with Crippen molar-refractivity contribution in [2.75, 3.05) is 199 Å². The summed E-state index contributed by atoms with van der Waals surface area (Å²) in [4.78, 5) is 12.7. The predicted octanol–water partition coefficient (Wildman–Crippen LogP) is -1.19. The van der Waals surface area contributed by atoms with E-state index in [-0.39, 0.29) is 76.4 Å². The maximum Gasteiger partial charge on any atom is 0.102 e. The second-order valence-corrected chi connectivity index (χ2v) is 23.6. The number of hydrogen-bond acceptors (Lipinski definition) is 28. The van der Waals surface area contributed by atoms with Crippen molar-refractivity contribution in [2.45, 2.75) is 205 Å². The Morgan fingerprint density at radius 2 is 0.684 bits per heavy atom. The van der Waals surface area contributed by atoms with E-state index in [1.807, 2.05) is 89.1 Å². The third-order valence-electron chi connectivity index (χ3n) is 10.1. The van der Waals surface area contributed by atoms with E-state index >= 15 is 0 Å². The first-order valence-corrected chi connectivity index (χ1v) is 33.8. The first kappa shape index (κ1) is 123. The summed E-state index contributed by atoms with van der Waals surface area (Å²) in [6.07, 6.45) is 0.555. The number of likely N-dealkylation sites (N-methyl/N-ethyl adjacent to an activating group) is 3. The van der Waals surface area contributed by atoms with Crippen molar-refractivity contribution >= 4 is 0 Å². The van der Waals surface area contributed by atoms with Crippen LogP contribution in [-0.4, -0.2) is 369 Å². The zero-order valence-electron chi connectivity index (χ0n) is 65.0. The van der Waals surface area contributed by atoms with E-state index in [1.54, 1.807) is 69.2 Å². The first-order chi connectivity index (χ1) is 44.1. The summed E-state index contributed by atoms with van der Waals surface area (Å²) in [5.74, 6) is 0. The fourth-order valence-corrected chi connectivity index (χ4v) is 5.03. The maximum atomic E-state index is 8.94. The number of nitrogens with one attached hydrogen (secondary N) is 1. The van der Waals surface area contributed by atoms with Crippen LogP contribution in [0.3, 0.4) is 0 Å². The molecule has 95 heavy (non-hydrogen) atoms. The number of nitrogens with two attached hydrogens (primary N) is 4. The highest BCUT2D eigenvalue weighted by atomic mass is 16.3. The van der Waals surface area contributed by atoms with Crippen LogP contribution in [-0.2, 0) is 6.54 Å². The number of aliphatic hydroxyl groups is 17. The summed E-state index contributed by atoms with van der Waals surface area (Å²) < 4.78 is 0. The fraction of sp³-hybridized carbons (Fsp3) is 0.910. The average Bonchev–Trinajstić information content (AvgIpc) is 2.27. The monoisotopic (exact) mass is 1400 g/mol. The lowest BCUT2D eigenvalue weighted by Crippen LogP contribution is -2.50. The van der Waals surface area contributed by atoms with E-state index in [9.17, 15) is 0 Å². The Hall–Kier alpha value is -1.90. The van der Waals surface area contributed by atoms with Crippen LogP contribution in [0.1, 0.15) is 150 Å². The van der Waals surface area contributed by atoms with Gasteiger partial charge < -0.3 is 134 Å². The molecule has 0 aliphatic rings. The number of aliphatic hydroxyl groups excluding tert-OH is 17. The molecule has 1 aromatic carbocycles. The molecule has 0 aliphatic heterocycles. The Morgan fingerprint density at radius 3 is 0.821 bits per heavy atom. The lowest BCUT2D eigenvalue weighted by Gasteiger charge is -2.20. The van der Waals surface area contributed by atoms with Crippen LogP contribution in [0, 0.1) is 0 Å². The van der Waals surface area contributed by atoms with Crippen LogP contribution in [0.2, 0.25) is 0 Å². The molecular formula is C67H165N11O17. The molecule has 28 heteroatoms. The minimum atomic E-state index is -1.21. The van der Waals surface area contributed by atoms with Gasteiger partial charge in [0, 0.05) is 103 Å². The highest BCUT2D eigenvalue weighted by molar-refractivity contribution is 5.14. The zero-order valence-corrected chi connectivity index (χ0v) is 65.0. The largest absolute Gasteiger partial charge is 0.396 e. The van der Waals surface area contributed by atoms with Gasteiger partial charge in [-0.1, -0.05) is 71.9 Å². The molecule has 0 aliphatic carbocycles. The second kappa shape index (κ2) is 101. The molecule has 0 saturated heterocycles.